The largest absolute Gasteiger partial charge is 0.477 e. The number of carbonyl (C=O) groups is 1. The van der Waals surface area contributed by atoms with E-state index in [4.69, 9.17) is 5.11 Å². The second-order valence-electron chi connectivity index (χ2n) is 5.50. The first-order valence-electron chi connectivity index (χ1n) is 6.06. The van der Waals surface area contributed by atoms with Crippen molar-refractivity contribution in [2.24, 2.45) is 17.8 Å². The predicted molar refractivity (Wildman–Crippen MR) is 56.3 cm³/mol. The van der Waals surface area contributed by atoms with E-state index in [-0.39, 0.29) is 0 Å². The van der Waals surface area contributed by atoms with Crippen LogP contribution < -0.4 is 0 Å². The van der Waals surface area contributed by atoms with E-state index in [0.717, 1.165) is 29.5 Å². The Morgan fingerprint density at radius 3 is 3.00 bits per heavy atom. The number of nitrogens with one attached hydrogen (secondary N) is 1. The fourth-order valence-corrected chi connectivity index (χ4v) is 3.46. The normalized spacial score (nSPS) is 34.6. The first kappa shape index (κ1) is 8.79. The summed E-state index contributed by atoms with van der Waals surface area (Å²) in [6.07, 6.45) is 5.10. The predicted octanol–water partition coefficient (Wildman–Crippen LogP) is 1.79. The van der Waals surface area contributed by atoms with Gasteiger partial charge in [-0.1, -0.05) is 12.8 Å². The van der Waals surface area contributed by atoms with Crippen LogP contribution in [-0.2, 0) is 6.42 Å². The fraction of sp³-hybridized carbons (Fsp3) is 0.667. The van der Waals surface area contributed by atoms with Crippen molar-refractivity contribution in [2.45, 2.75) is 31.6 Å². The minimum absolute atomic E-state index is 0.326. The Morgan fingerprint density at radius 1 is 1.50 bits per heavy atom. The fourth-order valence-electron chi connectivity index (χ4n) is 3.46. The number of hydrogen-bond donors (Lipinski definition) is 2. The molecule has 3 aliphatic rings. The lowest BCUT2D eigenvalue weighted by atomic mass is 10.0. The summed E-state index contributed by atoms with van der Waals surface area (Å²) in [5.74, 6) is 2.21. The first-order valence-corrected chi connectivity index (χ1v) is 6.06. The molecule has 2 saturated carbocycles. The van der Waals surface area contributed by atoms with Gasteiger partial charge in [0.1, 0.15) is 5.69 Å². The third kappa shape index (κ3) is 1.05. The molecule has 4 nitrogen and oxygen atoms in total. The highest BCUT2D eigenvalue weighted by atomic mass is 16.4. The summed E-state index contributed by atoms with van der Waals surface area (Å²) in [7, 11) is 0. The van der Waals surface area contributed by atoms with Crippen LogP contribution in [0.2, 0.25) is 0 Å². The Labute approximate surface area is 93.1 Å². The van der Waals surface area contributed by atoms with Gasteiger partial charge in [0.2, 0.25) is 0 Å². The first-order chi connectivity index (χ1) is 7.75. The summed E-state index contributed by atoms with van der Waals surface area (Å²) >= 11 is 0. The molecule has 1 aromatic rings. The molecule has 1 unspecified atom stereocenters. The molecule has 1 heterocycles. The van der Waals surface area contributed by atoms with Crippen molar-refractivity contribution < 1.29 is 9.90 Å². The van der Waals surface area contributed by atoms with Crippen molar-refractivity contribution >= 4 is 5.97 Å². The summed E-state index contributed by atoms with van der Waals surface area (Å²) in [4.78, 5) is 10.9. The van der Waals surface area contributed by atoms with E-state index in [1.54, 1.807) is 0 Å². The molecule has 0 amide bonds. The van der Waals surface area contributed by atoms with Crippen LogP contribution in [-0.4, -0.2) is 21.3 Å². The number of nitrogens with zero attached hydrogens (tertiary/aromatic N) is 1. The molecule has 2 fully saturated rings. The number of fused-ring (bicyclic) bond motifs is 3. The molecule has 0 bridgehead atoms. The van der Waals surface area contributed by atoms with Crippen LogP contribution >= 0.6 is 0 Å². The van der Waals surface area contributed by atoms with Crippen molar-refractivity contribution in [3.8, 4) is 0 Å². The Hall–Kier alpha value is -1.32. The number of carboxylic acid groups (broad SMARTS) is 1. The molecule has 2 N–H and O–H groups in total. The molecule has 1 aromatic heterocycles. The average Bonchev–Trinajstić information content (AvgIpc) is 3.07. The van der Waals surface area contributed by atoms with Crippen LogP contribution in [0.15, 0.2) is 0 Å². The van der Waals surface area contributed by atoms with Gasteiger partial charge in [-0.2, -0.15) is 5.10 Å². The van der Waals surface area contributed by atoms with Gasteiger partial charge in [0, 0.05) is 11.5 Å². The van der Waals surface area contributed by atoms with E-state index in [9.17, 15) is 4.79 Å². The Kier molecular flexibility index (Phi) is 1.47. The van der Waals surface area contributed by atoms with Crippen molar-refractivity contribution in [1.82, 2.24) is 10.2 Å². The second kappa shape index (κ2) is 2.67. The number of carboxylic acids is 1. The quantitative estimate of drug-likeness (QED) is 0.812. The highest BCUT2D eigenvalue weighted by molar-refractivity contribution is 5.87. The maximum Gasteiger partial charge on any atom is 0.354 e. The zero-order chi connectivity index (χ0) is 10.9. The molecule has 0 aromatic carbocycles. The minimum Gasteiger partial charge on any atom is -0.477 e. The van der Waals surface area contributed by atoms with Crippen molar-refractivity contribution in [3.63, 3.8) is 0 Å². The number of aromatic amines is 1. The zero-order valence-electron chi connectivity index (χ0n) is 8.94. The van der Waals surface area contributed by atoms with E-state index >= 15 is 0 Å². The molecule has 16 heavy (non-hydrogen) atoms. The van der Waals surface area contributed by atoms with E-state index in [1.165, 1.54) is 19.3 Å². The van der Waals surface area contributed by atoms with Gasteiger partial charge in [-0.3, -0.25) is 5.10 Å². The summed E-state index contributed by atoms with van der Waals surface area (Å²) in [6, 6.07) is 0. The van der Waals surface area contributed by atoms with Crippen LogP contribution in [0.3, 0.4) is 0 Å². The number of rotatable bonds is 3. The van der Waals surface area contributed by atoms with Gasteiger partial charge < -0.3 is 5.11 Å². The Morgan fingerprint density at radius 2 is 2.31 bits per heavy atom. The molecule has 0 aliphatic heterocycles. The van der Waals surface area contributed by atoms with Crippen LogP contribution in [0.25, 0.3) is 0 Å². The summed E-state index contributed by atoms with van der Waals surface area (Å²) in [5, 5.41) is 15.9. The SMILES string of the molecule is O=C(O)c1[nH]nc2c1C[C@H]1C(CC3CC3)[C@@H]21. The van der Waals surface area contributed by atoms with Crippen molar-refractivity contribution in [1.29, 1.82) is 0 Å². The number of H-pyrrole nitrogens is 1. The molecular formula is C12H14N2O2. The topological polar surface area (TPSA) is 66.0 Å². The van der Waals surface area contributed by atoms with Gasteiger partial charge in [0.05, 0.1) is 5.69 Å². The van der Waals surface area contributed by atoms with Crippen LogP contribution in [0.5, 0.6) is 0 Å². The second-order valence-corrected chi connectivity index (χ2v) is 5.50. The van der Waals surface area contributed by atoms with E-state index in [1.807, 2.05) is 0 Å². The standard InChI is InChI=1S/C12H14N2O2/c15-12(16)11-8-4-7-6(3-5-1-2-5)9(7)10(8)13-14-11/h5-7,9H,1-4H2,(H,13,14)(H,15,16)/t6?,7-,9+/m0/s1. The highest BCUT2D eigenvalue weighted by Gasteiger charge is 2.58. The third-order valence-electron chi connectivity index (χ3n) is 4.50. The van der Waals surface area contributed by atoms with Gasteiger partial charge in [0.25, 0.3) is 0 Å². The van der Waals surface area contributed by atoms with Gasteiger partial charge in [-0.25, -0.2) is 4.79 Å². The summed E-state index contributed by atoms with van der Waals surface area (Å²) in [5.41, 5.74) is 2.37. The van der Waals surface area contributed by atoms with E-state index < -0.39 is 5.97 Å². The van der Waals surface area contributed by atoms with Crippen LogP contribution in [0, 0.1) is 17.8 Å². The number of aromatic carboxylic acids is 1. The summed E-state index contributed by atoms with van der Waals surface area (Å²) in [6.45, 7) is 0. The van der Waals surface area contributed by atoms with E-state index in [2.05, 4.69) is 10.2 Å². The summed E-state index contributed by atoms with van der Waals surface area (Å²) < 4.78 is 0. The monoisotopic (exact) mass is 218 g/mol. The minimum atomic E-state index is -0.867. The lowest BCUT2D eigenvalue weighted by Gasteiger charge is -2.01. The van der Waals surface area contributed by atoms with Crippen LogP contribution in [0.4, 0.5) is 0 Å². The lowest BCUT2D eigenvalue weighted by Crippen LogP contribution is -2.02. The third-order valence-corrected chi connectivity index (χ3v) is 4.50. The molecule has 3 aliphatic carbocycles. The zero-order valence-corrected chi connectivity index (χ0v) is 8.94. The van der Waals surface area contributed by atoms with Gasteiger partial charge in [-0.15, -0.1) is 0 Å². The average molecular weight is 218 g/mol. The smallest absolute Gasteiger partial charge is 0.354 e. The lowest BCUT2D eigenvalue weighted by molar-refractivity contribution is 0.0689. The van der Waals surface area contributed by atoms with Crippen molar-refractivity contribution in [3.05, 3.63) is 17.0 Å². The molecule has 3 atom stereocenters. The Balaban J connectivity index is 1.60. The van der Waals surface area contributed by atoms with Crippen molar-refractivity contribution in [2.75, 3.05) is 0 Å². The number of hydrogen-bond acceptors (Lipinski definition) is 2. The Bertz CT molecular complexity index is 475. The molecule has 0 spiro atoms. The molecule has 0 radical (unpaired) electrons. The maximum absolute atomic E-state index is 10.9. The molecule has 0 saturated heterocycles. The van der Waals surface area contributed by atoms with Gasteiger partial charge >= 0.3 is 5.97 Å². The molecular weight excluding hydrogens is 204 g/mol. The van der Waals surface area contributed by atoms with Gasteiger partial charge in [-0.05, 0) is 30.6 Å². The van der Waals surface area contributed by atoms with Gasteiger partial charge in [0.15, 0.2) is 0 Å². The van der Waals surface area contributed by atoms with Crippen LogP contribution in [0.1, 0.15) is 46.9 Å². The number of aromatic nitrogens is 2. The molecule has 4 rings (SSSR count). The maximum atomic E-state index is 10.9. The molecule has 4 heteroatoms. The molecule has 84 valence electrons. The van der Waals surface area contributed by atoms with E-state index in [0.29, 0.717) is 17.5 Å². The highest BCUT2D eigenvalue weighted by Crippen LogP contribution is 2.64.